The Morgan fingerprint density at radius 3 is 2.84 bits per heavy atom. The van der Waals surface area contributed by atoms with Crippen LogP contribution in [0.5, 0.6) is 0 Å². The molecule has 19 heavy (non-hydrogen) atoms. The number of hydrogen-bond acceptors (Lipinski definition) is 1. The number of rotatable bonds is 1. The van der Waals surface area contributed by atoms with Crippen LogP contribution in [-0.4, -0.2) is 4.57 Å². The summed E-state index contributed by atoms with van der Waals surface area (Å²) in [6, 6.07) is 3.83. The van der Waals surface area contributed by atoms with Gasteiger partial charge in [0.05, 0.1) is 5.02 Å². The van der Waals surface area contributed by atoms with Crippen molar-refractivity contribution in [3.8, 4) is 5.69 Å². The van der Waals surface area contributed by atoms with Crippen molar-refractivity contribution in [3.05, 3.63) is 52.3 Å². The summed E-state index contributed by atoms with van der Waals surface area (Å²) in [6.07, 6.45) is 4.45. The zero-order valence-corrected chi connectivity index (χ0v) is 10.9. The summed E-state index contributed by atoms with van der Waals surface area (Å²) in [5.41, 5.74) is 8.21. The fourth-order valence-electron chi connectivity index (χ4n) is 2.70. The van der Waals surface area contributed by atoms with Gasteiger partial charge in [-0.3, -0.25) is 0 Å². The summed E-state index contributed by atoms with van der Waals surface area (Å²) in [7, 11) is 0. The first kappa shape index (κ1) is 12.6. The maximum absolute atomic E-state index is 14.0. The highest BCUT2D eigenvalue weighted by molar-refractivity contribution is 6.32. The van der Waals surface area contributed by atoms with Crippen LogP contribution in [0.2, 0.25) is 5.02 Å². The average molecular weight is 283 g/mol. The number of fused-ring (bicyclic) bond motifs is 1. The maximum atomic E-state index is 14.0. The van der Waals surface area contributed by atoms with Crippen molar-refractivity contribution >= 4 is 11.6 Å². The quantitative estimate of drug-likeness (QED) is 0.848. The normalized spacial score (nSPS) is 18.4. The van der Waals surface area contributed by atoms with Gasteiger partial charge in [0.1, 0.15) is 11.5 Å². The van der Waals surface area contributed by atoms with Gasteiger partial charge in [-0.25, -0.2) is 8.78 Å². The highest BCUT2D eigenvalue weighted by atomic mass is 35.5. The van der Waals surface area contributed by atoms with Gasteiger partial charge in [0.25, 0.3) is 0 Å². The Morgan fingerprint density at radius 2 is 2.11 bits per heavy atom. The smallest absolute Gasteiger partial charge is 0.151 e. The topological polar surface area (TPSA) is 30.9 Å². The summed E-state index contributed by atoms with van der Waals surface area (Å²) >= 11 is 5.97. The summed E-state index contributed by atoms with van der Waals surface area (Å²) in [5, 5.41) is 0.0649. The molecule has 5 heteroatoms. The van der Waals surface area contributed by atoms with E-state index in [9.17, 15) is 8.78 Å². The molecular formula is C14H13ClF2N2. The van der Waals surface area contributed by atoms with Crippen LogP contribution < -0.4 is 5.73 Å². The molecule has 1 aromatic heterocycles. The van der Waals surface area contributed by atoms with E-state index >= 15 is 0 Å². The minimum absolute atomic E-state index is 0.0210. The Bertz CT molecular complexity index is 613. The lowest BCUT2D eigenvalue weighted by molar-refractivity contribution is 0.551. The van der Waals surface area contributed by atoms with E-state index < -0.39 is 11.6 Å². The van der Waals surface area contributed by atoms with Crippen LogP contribution in [0.15, 0.2) is 24.4 Å². The van der Waals surface area contributed by atoms with Crippen LogP contribution in [0.3, 0.4) is 0 Å². The van der Waals surface area contributed by atoms with Gasteiger partial charge in [-0.15, -0.1) is 0 Å². The second-order valence-corrected chi connectivity index (χ2v) is 5.21. The SMILES string of the molecule is NC1CCCc2c1ccn2-c1c(F)cc(F)cc1Cl. The van der Waals surface area contributed by atoms with Crippen LogP contribution in [0.4, 0.5) is 8.78 Å². The molecule has 100 valence electrons. The van der Waals surface area contributed by atoms with Crippen molar-refractivity contribution in [1.82, 2.24) is 4.57 Å². The van der Waals surface area contributed by atoms with Crippen molar-refractivity contribution in [1.29, 1.82) is 0 Å². The van der Waals surface area contributed by atoms with Crippen LogP contribution in [0.1, 0.15) is 30.1 Å². The summed E-state index contributed by atoms with van der Waals surface area (Å²) < 4.78 is 28.7. The van der Waals surface area contributed by atoms with E-state index in [4.69, 9.17) is 17.3 Å². The molecule has 0 radical (unpaired) electrons. The first-order valence-corrected chi connectivity index (χ1v) is 6.56. The molecule has 2 aromatic rings. The van der Waals surface area contributed by atoms with Crippen LogP contribution >= 0.6 is 11.6 Å². The van der Waals surface area contributed by atoms with Crippen molar-refractivity contribution in [3.63, 3.8) is 0 Å². The number of halogens is 3. The van der Waals surface area contributed by atoms with Crippen molar-refractivity contribution in [2.75, 3.05) is 0 Å². The molecule has 0 spiro atoms. The molecule has 0 fully saturated rings. The molecule has 0 saturated heterocycles. The number of nitrogens with zero attached hydrogens (tertiary/aromatic N) is 1. The molecule has 0 amide bonds. The van der Waals surface area contributed by atoms with E-state index in [1.807, 2.05) is 6.07 Å². The summed E-state index contributed by atoms with van der Waals surface area (Å²) in [4.78, 5) is 0. The van der Waals surface area contributed by atoms with E-state index in [1.165, 1.54) is 0 Å². The van der Waals surface area contributed by atoms with Crippen molar-refractivity contribution in [2.24, 2.45) is 5.73 Å². The monoisotopic (exact) mass is 282 g/mol. The minimum Gasteiger partial charge on any atom is -0.324 e. The van der Waals surface area contributed by atoms with Crippen LogP contribution in [0, 0.1) is 11.6 Å². The molecule has 0 aliphatic heterocycles. The average Bonchev–Trinajstić information content (AvgIpc) is 2.73. The van der Waals surface area contributed by atoms with Crippen LogP contribution in [0.25, 0.3) is 5.69 Å². The molecule has 1 aromatic carbocycles. The van der Waals surface area contributed by atoms with E-state index in [2.05, 4.69) is 0 Å². The molecule has 1 unspecified atom stereocenters. The molecule has 1 heterocycles. The lowest BCUT2D eigenvalue weighted by Crippen LogP contribution is -2.18. The largest absolute Gasteiger partial charge is 0.324 e. The number of benzene rings is 1. The molecule has 1 atom stereocenters. The van der Waals surface area contributed by atoms with Gasteiger partial charge in [-0.2, -0.15) is 0 Å². The molecule has 3 rings (SSSR count). The Morgan fingerprint density at radius 1 is 1.32 bits per heavy atom. The third-order valence-corrected chi connectivity index (χ3v) is 3.87. The Hall–Kier alpha value is -1.39. The lowest BCUT2D eigenvalue weighted by Gasteiger charge is -2.21. The number of nitrogens with two attached hydrogens (primary N) is 1. The molecule has 1 aliphatic rings. The zero-order valence-electron chi connectivity index (χ0n) is 10.2. The fraction of sp³-hybridized carbons (Fsp3) is 0.286. The predicted octanol–water partition coefficient (Wildman–Crippen LogP) is 3.75. The van der Waals surface area contributed by atoms with Crippen molar-refractivity contribution in [2.45, 2.75) is 25.3 Å². The van der Waals surface area contributed by atoms with Gasteiger partial charge >= 0.3 is 0 Å². The highest BCUT2D eigenvalue weighted by Crippen LogP contribution is 2.33. The van der Waals surface area contributed by atoms with Gasteiger partial charge in [-0.05, 0) is 37.0 Å². The third-order valence-electron chi connectivity index (χ3n) is 3.58. The molecule has 2 N–H and O–H groups in total. The maximum Gasteiger partial charge on any atom is 0.151 e. The Balaban J connectivity index is 2.19. The predicted molar refractivity (Wildman–Crippen MR) is 70.6 cm³/mol. The first-order chi connectivity index (χ1) is 9.08. The summed E-state index contributed by atoms with van der Waals surface area (Å²) in [5.74, 6) is -1.34. The van der Waals surface area contributed by atoms with Gasteiger partial charge in [0.2, 0.25) is 0 Å². The first-order valence-electron chi connectivity index (χ1n) is 6.18. The Kier molecular flexibility index (Phi) is 3.07. The van der Waals surface area contributed by atoms with E-state index in [0.717, 1.165) is 42.7 Å². The third kappa shape index (κ3) is 2.05. The van der Waals surface area contributed by atoms with E-state index in [-0.39, 0.29) is 16.8 Å². The molecule has 1 aliphatic carbocycles. The van der Waals surface area contributed by atoms with Gasteiger partial charge in [0.15, 0.2) is 5.82 Å². The standard InChI is InChI=1S/C14H13ClF2N2/c15-10-6-8(16)7-11(17)14(10)19-5-4-9-12(18)2-1-3-13(9)19/h4-7,12H,1-3,18H2. The van der Waals surface area contributed by atoms with Gasteiger partial charge in [-0.1, -0.05) is 11.6 Å². The molecule has 2 nitrogen and oxygen atoms in total. The van der Waals surface area contributed by atoms with Gasteiger partial charge in [0, 0.05) is 24.0 Å². The van der Waals surface area contributed by atoms with Crippen molar-refractivity contribution < 1.29 is 8.78 Å². The fourth-order valence-corrected chi connectivity index (χ4v) is 2.99. The second kappa shape index (κ2) is 4.62. The van der Waals surface area contributed by atoms with Gasteiger partial charge < -0.3 is 10.3 Å². The highest BCUT2D eigenvalue weighted by Gasteiger charge is 2.23. The molecule has 0 saturated carbocycles. The van der Waals surface area contributed by atoms with E-state index in [1.54, 1.807) is 10.8 Å². The number of hydrogen-bond donors (Lipinski definition) is 1. The van der Waals surface area contributed by atoms with E-state index in [0.29, 0.717) is 0 Å². The zero-order chi connectivity index (χ0) is 13.6. The Labute approximate surface area is 114 Å². The number of aromatic nitrogens is 1. The molecular weight excluding hydrogens is 270 g/mol. The lowest BCUT2D eigenvalue weighted by atomic mass is 9.93. The minimum atomic E-state index is -0.677. The summed E-state index contributed by atoms with van der Waals surface area (Å²) in [6.45, 7) is 0. The van der Waals surface area contributed by atoms with Crippen LogP contribution in [-0.2, 0) is 6.42 Å². The molecule has 0 bridgehead atoms. The second-order valence-electron chi connectivity index (χ2n) is 4.80.